The van der Waals surface area contributed by atoms with Gasteiger partial charge in [0.15, 0.2) is 0 Å². The first-order valence-electron chi connectivity index (χ1n) is 11.3. The molecule has 176 valence electrons. The SMILES string of the molecule is CCN(CC)Cc1ccc(-c2nc(CSCC(=O)NCCc3ccc(F)cc3)c(C)o2)cc1. The second kappa shape index (κ2) is 12.6. The number of oxazole rings is 1. The lowest BCUT2D eigenvalue weighted by molar-refractivity contribution is -0.118. The van der Waals surface area contributed by atoms with Crippen LogP contribution in [-0.4, -0.2) is 41.2 Å². The zero-order chi connectivity index (χ0) is 23.6. The summed E-state index contributed by atoms with van der Waals surface area (Å²) in [7, 11) is 0. The fraction of sp³-hybridized carbons (Fsp3) is 0.385. The Kier molecular flexibility index (Phi) is 9.51. The van der Waals surface area contributed by atoms with Crippen molar-refractivity contribution in [1.29, 1.82) is 0 Å². The third kappa shape index (κ3) is 7.72. The average molecular weight is 470 g/mol. The van der Waals surface area contributed by atoms with Gasteiger partial charge in [0, 0.05) is 24.4 Å². The Morgan fingerprint density at radius 1 is 1.06 bits per heavy atom. The van der Waals surface area contributed by atoms with Crippen LogP contribution in [0.1, 0.15) is 36.4 Å². The van der Waals surface area contributed by atoms with E-state index in [4.69, 9.17) is 4.42 Å². The van der Waals surface area contributed by atoms with Crippen LogP contribution >= 0.6 is 11.8 Å². The molecule has 2 aromatic carbocycles. The van der Waals surface area contributed by atoms with Gasteiger partial charge in [0.2, 0.25) is 11.8 Å². The Hall–Kier alpha value is -2.64. The standard InChI is InChI=1S/C26H32FN3O2S/c1-4-30(5-2)16-21-6-10-22(11-7-21)26-29-24(19(3)32-26)17-33-18-25(31)28-15-14-20-8-12-23(27)13-9-20/h6-13H,4-5,14-18H2,1-3H3,(H,28,31). The van der Waals surface area contributed by atoms with Gasteiger partial charge in [0.25, 0.3) is 0 Å². The first-order valence-corrected chi connectivity index (χ1v) is 12.5. The van der Waals surface area contributed by atoms with Crippen LogP contribution in [0.4, 0.5) is 4.39 Å². The zero-order valence-electron chi connectivity index (χ0n) is 19.6. The molecule has 7 heteroatoms. The van der Waals surface area contributed by atoms with E-state index in [1.165, 1.54) is 29.5 Å². The summed E-state index contributed by atoms with van der Waals surface area (Å²) in [6, 6.07) is 14.7. The quantitative estimate of drug-likeness (QED) is 0.394. The molecule has 1 N–H and O–H groups in total. The number of aromatic nitrogens is 1. The van der Waals surface area contributed by atoms with Crippen molar-refractivity contribution in [1.82, 2.24) is 15.2 Å². The van der Waals surface area contributed by atoms with Crippen molar-refractivity contribution in [2.45, 2.75) is 39.5 Å². The Balaban J connectivity index is 1.44. The Bertz CT molecular complexity index is 1020. The molecule has 0 aliphatic carbocycles. The van der Waals surface area contributed by atoms with Crippen molar-refractivity contribution in [3.05, 3.63) is 76.9 Å². The zero-order valence-corrected chi connectivity index (χ0v) is 20.4. The van der Waals surface area contributed by atoms with Crippen LogP contribution < -0.4 is 5.32 Å². The van der Waals surface area contributed by atoms with E-state index in [2.05, 4.69) is 53.3 Å². The minimum absolute atomic E-state index is 0.0210. The summed E-state index contributed by atoms with van der Waals surface area (Å²) in [5, 5.41) is 2.90. The van der Waals surface area contributed by atoms with Gasteiger partial charge >= 0.3 is 0 Å². The average Bonchev–Trinajstić information content (AvgIpc) is 3.19. The fourth-order valence-corrected chi connectivity index (χ4v) is 4.28. The second-order valence-corrected chi connectivity index (χ2v) is 8.89. The molecule has 1 aromatic heterocycles. The molecule has 0 saturated heterocycles. The highest BCUT2D eigenvalue weighted by Crippen LogP contribution is 2.25. The second-order valence-electron chi connectivity index (χ2n) is 7.90. The summed E-state index contributed by atoms with van der Waals surface area (Å²) >= 11 is 1.51. The predicted molar refractivity (Wildman–Crippen MR) is 133 cm³/mol. The number of halogens is 1. The Morgan fingerprint density at radius 3 is 2.39 bits per heavy atom. The molecule has 0 saturated carbocycles. The lowest BCUT2D eigenvalue weighted by atomic mass is 10.1. The first kappa shape index (κ1) is 25.0. The molecule has 33 heavy (non-hydrogen) atoms. The normalized spacial score (nSPS) is 11.2. The topological polar surface area (TPSA) is 58.4 Å². The summed E-state index contributed by atoms with van der Waals surface area (Å²) < 4.78 is 18.8. The maximum absolute atomic E-state index is 12.9. The van der Waals surface area contributed by atoms with Crippen molar-refractivity contribution in [3.8, 4) is 11.5 Å². The molecule has 1 heterocycles. The number of rotatable bonds is 12. The molecule has 3 rings (SSSR count). The van der Waals surface area contributed by atoms with Gasteiger partial charge in [-0.1, -0.05) is 38.1 Å². The number of thioether (sulfide) groups is 1. The molecular weight excluding hydrogens is 437 g/mol. The van der Waals surface area contributed by atoms with Crippen LogP contribution in [0.25, 0.3) is 11.5 Å². The fourth-order valence-electron chi connectivity index (χ4n) is 3.43. The maximum Gasteiger partial charge on any atom is 0.230 e. The number of nitrogens with one attached hydrogen (secondary N) is 1. The van der Waals surface area contributed by atoms with E-state index in [9.17, 15) is 9.18 Å². The van der Waals surface area contributed by atoms with Crippen molar-refractivity contribution in [3.63, 3.8) is 0 Å². The molecule has 1 amide bonds. The van der Waals surface area contributed by atoms with Crippen molar-refractivity contribution in [2.75, 3.05) is 25.4 Å². The van der Waals surface area contributed by atoms with Gasteiger partial charge in [-0.3, -0.25) is 9.69 Å². The van der Waals surface area contributed by atoms with Gasteiger partial charge in [-0.25, -0.2) is 9.37 Å². The summed E-state index contributed by atoms with van der Waals surface area (Å²) in [6.45, 7) is 9.78. The van der Waals surface area contributed by atoms with Crippen LogP contribution in [0.5, 0.6) is 0 Å². The van der Waals surface area contributed by atoms with E-state index in [0.29, 0.717) is 30.4 Å². The van der Waals surface area contributed by atoms with E-state index in [1.54, 1.807) is 12.1 Å². The van der Waals surface area contributed by atoms with Gasteiger partial charge < -0.3 is 9.73 Å². The summed E-state index contributed by atoms with van der Waals surface area (Å²) in [5.74, 6) is 2.08. The number of amides is 1. The highest BCUT2D eigenvalue weighted by molar-refractivity contribution is 7.99. The molecule has 0 aliphatic rings. The molecule has 3 aromatic rings. The number of aryl methyl sites for hydroxylation is 1. The van der Waals surface area contributed by atoms with E-state index >= 15 is 0 Å². The van der Waals surface area contributed by atoms with Crippen molar-refractivity contribution >= 4 is 17.7 Å². The van der Waals surface area contributed by atoms with Crippen LogP contribution in [-0.2, 0) is 23.5 Å². The maximum atomic E-state index is 12.9. The van der Waals surface area contributed by atoms with Crippen LogP contribution in [0.15, 0.2) is 52.9 Å². The summed E-state index contributed by atoms with van der Waals surface area (Å²) in [5.41, 5.74) is 4.08. The molecule has 0 bridgehead atoms. The van der Waals surface area contributed by atoms with Gasteiger partial charge in [-0.15, -0.1) is 11.8 Å². The van der Waals surface area contributed by atoms with Gasteiger partial charge in [-0.2, -0.15) is 0 Å². The van der Waals surface area contributed by atoms with E-state index in [0.717, 1.165) is 42.2 Å². The molecule has 0 atom stereocenters. The van der Waals surface area contributed by atoms with E-state index in [-0.39, 0.29) is 11.7 Å². The third-order valence-electron chi connectivity index (χ3n) is 5.52. The third-order valence-corrected chi connectivity index (χ3v) is 6.46. The largest absolute Gasteiger partial charge is 0.441 e. The highest BCUT2D eigenvalue weighted by atomic mass is 32.2. The lowest BCUT2D eigenvalue weighted by Crippen LogP contribution is -2.27. The van der Waals surface area contributed by atoms with E-state index < -0.39 is 0 Å². The van der Waals surface area contributed by atoms with Crippen LogP contribution in [0.3, 0.4) is 0 Å². The number of hydrogen-bond donors (Lipinski definition) is 1. The molecule has 0 spiro atoms. The summed E-state index contributed by atoms with van der Waals surface area (Å²) in [4.78, 5) is 19.1. The Morgan fingerprint density at radius 2 is 1.73 bits per heavy atom. The minimum atomic E-state index is -0.252. The van der Waals surface area contributed by atoms with Gasteiger partial charge in [0.05, 0.1) is 11.4 Å². The van der Waals surface area contributed by atoms with E-state index in [1.807, 2.05) is 6.92 Å². The summed E-state index contributed by atoms with van der Waals surface area (Å²) in [6.07, 6.45) is 0.677. The smallest absolute Gasteiger partial charge is 0.230 e. The van der Waals surface area contributed by atoms with Crippen LogP contribution in [0, 0.1) is 12.7 Å². The minimum Gasteiger partial charge on any atom is -0.441 e. The predicted octanol–water partition coefficient (Wildman–Crippen LogP) is 5.22. The van der Waals surface area contributed by atoms with Crippen molar-refractivity contribution < 1.29 is 13.6 Å². The first-order chi connectivity index (χ1) is 16.0. The number of carbonyl (C=O) groups is 1. The molecule has 5 nitrogen and oxygen atoms in total. The van der Waals surface area contributed by atoms with Crippen molar-refractivity contribution in [2.24, 2.45) is 0 Å². The van der Waals surface area contributed by atoms with Crippen LogP contribution in [0.2, 0.25) is 0 Å². The number of nitrogens with zero attached hydrogens (tertiary/aromatic N) is 2. The highest BCUT2D eigenvalue weighted by Gasteiger charge is 2.13. The number of carbonyl (C=O) groups excluding carboxylic acids is 1. The molecule has 0 fully saturated rings. The number of benzene rings is 2. The number of hydrogen-bond acceptors (Lipinski definition) is 5. The van der Waals surface area contributed by atoms with Gasteiger partial charge in [0.1, 0.15) is 11.6 Å². The molecule has 0 aliphatic heterocycles. The molecular formula is C26H32FN3O2S. The van der Waals surface area contributed by atoms with Gasteiger partial charge in [-0.05, 0) is 61.8 Å². The molecule has 0 radical (unpaired) electrons. The lowest BCUT2D eigenvalue weighted by Gasteiger charge is -2.17. The molecule has 0 unspecified atom stereocenters. The Labute approximate surface area is 199 Å². The monoisotopic (exact) mass is 469 g/mol.